The van der Waals surface area contributed by atoms with E-state index in [0.29, 0.717) is 22.8 Å². The number of amides is 1. The van der Waals surface area contributed by atoms with Gasteiger partial charge in [-0.15, -0.1) is 16.4 Å². The quantitative estimate of drug-likeness (QED) is 0.579. The first kappa shape index (κ1) is 20.6. The average Bonchev–Trinajstić information content (AvgIpc) is 3.40. The summed E-state index contributed by atoms with van der Waals surface area (Å²) in [5.74, 6) is -0.782. The molecule has 0 bridgehead atoms. The summed E-state index contributed by atoms with van der Waals surface area (Å²) in [7, 11) is 0. The molecular weight excluding hydrogens is 424 g/mol. The summed E-state index contributed by atoms with van der Waals surface area (Å²) in [6.45, 7) is 6.13. The van der Waals surface area contributed by atoms with Crippen LogP contribution in [0.15, 0.2) is 0 Å². The minimum atomic E-state index is -0.393. The Labute approximate surface area is 181 Å². The Morgan fingerprint density at radius 1 is 1.20 bits per heavy atom. The minimum absolute atomic E-state index is 0.219. The summed E-state index contributed by atoms with van der Waals surface area (Å²) >= 11 is 2.60. The molecule has 0 atom stereocenters. The molecule has 11 heteroatoms. The predicted molar refractivity (Wildman–Crippen MR) is 113 cm³/mol. The van der Waals surface area contributed by atoms with Crippen molar-refractivity contribution in [2.24, 2.45) is 0 Å². The van der Waals surface area contributed by atoms with Crippen molar-refractivity contribution in [2.45, 2.75) is 53.0 Å². The number of hydrogen-bond acceptors (Lipinski definition) is 9. The van der Waals surface area contributed by atoms with Crippen LogP contribution in [-0.4, -0.2) is 42.2 Å². The Hall–Kier alpha value is -2.66. The fraction of sp³-hybridized carbons (Fsp3) is 0.474. The molecule has 0 saturated heterocycles. The number of thiophene rings is 1. The molecule has 4 rings (SSSR count). The van der Waals surface area contributed by atoms with Crippen molar-refractivity contribution < 1.29 is 14.3 Å². The Morgan fingerprint density at radius 2 is 2.00 bits per heavy atom. The van der Waals surface area contributed by atoms with Crippen LogP contribution in [0, 0.1) is 13.8 Å². The van der Waals surface area contributed by atoms with Crippen molar-refractivity contribution in [1.82, 2.24) is 23.7 Å². The summed E-state index contributed by atoms with van der Waals surface area (Å²) in [5.41, 5.74) is 3.97. The zero-order chi connectivity index (χ0) is 21.3. The lowest BCUT2D eigenvalue weighted by Gasteiger charge is -2.12. The Kier molecular flexibility index (Phi) is 5.91. The van der Waals surface area contributed by atoms with E-state index in [1.807, 2.05) is 6.92 Å². The van der Waals surface area contributed by atoms with Crippen LogP contribution in [0.2, 0.25) is 0 Å². The molecule has 158 valence electrons. The summed E-state index contributed by atoms with van der Waals surface area (Å²) in [4.78, 5) is 26.7. The first-order valence-corrected chi connectivity index (χ1v) is 11.3. The molecule has 0 radical (unpaired) electrons. The first-order chi connectivity index (χ1) is 14.5. The number of carbonyl (C=O) groups excluding carboxylic acids is 2. The molecule has 0 fully saturated rings. The second-order valence-corrected chi connectivity index (χ2v) is 8.70. The molecule has 0 saturated carbocycles. The van der Waals surface area contributed by atoms with E-state index in [1.165, 1.54) is 11.3 Å². The molecular formula is C19H22N6O3S2. The third kappa shape index (κ3) is 3.86. The van der Waals surface area contributed by atoms with Gasteiger partial charge in [-0.2, -0.15) is 8.75 Å². The standard InChI is InChI=1S/C19H22N6O3S2/c1-4-28-19(27)15-12-7-5-6-8-14(12)29-18(15)20-17(26)16-11(3)25(24-21-16)9-13-10(2)22-30-23-13/h4-9H2,1-3H3,(H,20,26). The van der Waals surface area contributed by atoms with Gasteiger partial charge in [0.1, 0.15) is 5.00 Å². The number of esters is 1. The maximum Gasteiger partial charge on any atom is 0.341 e. The number of hydrogen-bond donors (Lipinski definition) is 1. The molecule has 0 unspecified atom stereocenters. The molecule has 9 nitrogen and oxygen atoms in total. The van der Waals surface area contributed by atoms with E-state index in [0.717, 1.165) is 59.2 Å². The van der Waals surface area contributed by atoms with Gasteiger partial charge in [-0.3, -0.25) is 4.79 Å². The van der Waals surface area contributed by atoms with Gasteiger partial charge in [0, 0.05) is 4.88 Å². The normalized spacial score (nSPS) is 13.2. The van der Waals surface area contributed by atoms with Crippen molar-refractivity contribution in [2.75, 3.05) is 11.9 Å². The highest BCUT2D eigenvalue weighted by atomic mass is 32.1. The number of fused-ring (bicyclic) bond motifs is 1. The van der Waals surface area contributed by atoms with Gasteiger partial charge in [0.25, 0.3) is 5.91 Å². The van der Waals surface area contributed by atoms with Gasteiger partial charge in [-0.25, -0.2) is 9.48 Å². The molecule has 3 aromatic rings. The van der Waals surface area contributed by atoms with E-state index in [-0.39, 0.29) is 18.3 Å². The second kappa shape index (κ2) is 8.60. The molecule has 1 N–H and O–H groups in total. The van der Waals surface area contributed by atoms with Crippen LogP contribution in [0.4, 0.5) is 5.00 Å². The highest BCUT2D eigenvalue weighted by Gasteiger charge is 2.28. The predicted octanol–water partition coefficient (Wildman–Crippen LogP) is 3.16. The van der Waals surface area contributed by atoms with E-state index in [4.69, 9.17) is 4.74 Å². The molecule has 3 heterocycles. The molecule has 0 aliphatic heterocycles. The van der Waals surface area contributed by atoms with Crippen LogP contribution in [0.25, 0.3) is 0 Å². The average molecular weight is 447 g/mol. The number of nitrogens with zero attached hydrogens (tertiary/aromatic N) is 5. The summed E-state index contributed by atoms with van der Waals surface area (Å²) < 4.78 is 15.3. The molecule has 1 aliphatic carbocycles. The minimum Gasteiger partial charge on any atom is -0.462 e. The smallest absolute Gasteiger partial charge is 0.341 e. The van der Waals surface area contributed by atoms with E-state index >= 15 is 0 Å². The fourth-order valence-electron chi connectivity index (χ4n) is 3.49. The van der Waals surface area contributed by atoms with Gasteiger partial charge < -0.3 is 10.1 Å². The van der Waals surface area contributed by atoms with E-state index in [2.05, 4.69) is 24.4 Å². The maximum atomic E-state index is 13.0. The van der Waals surface area contributed by atoms with Crippen LogP contribution < -0.4 is 5.32 Å². The first-order valence-electron chi connectivity index (χ1n) is 9.80. The van der Waals surface area contributed by atoms with Gasteiger partial charge in [0.05, 0.1) is 47.5 Å². The fourth-order valence-corrected chi connectivity index (χ4v) is 5.32. The zero-order valence-electron chi connectivity index (χ0n) is 17.0. The lowest BCUT2D eigenvalue weighted by molar-refractivity contribution is 0.0526. The lowest BCUT2D eigenvalue weighted by Crippen LogP contribution is -2.17. The number of ether oxygens (including phenoxy) is 1. The van der Waals surface area contributed by atoms with Crippen molar-refractivity contribution >= 4 is 39.9 Å². The Morgan fingerprint density at radius 3 is 2.73 bits per heavy atom. The summed E-state index contributed by atoms with van der Waals surface area (Å²) in [5, 5.41) is 11.6. The molecule has 1 amide bonds. The largest absolute Gasteiger partial charge is 0.462 e. The van der Waals surface area contributed by atoms with E-state index in [9.17, 15) is 9.59 Å². The lowest BCUT2D eigenvalue weighted by atomic mass is 9.95. The molecule has 3 aromatic heterocycles. The van der Waals surface area contributed by atoms with Gasteiger partial charge >= 0.3 is 5.97 Å². The van der Waals surface area contributed by atoms with Crippen LogP contribution in [0.3, 0.4) is 0 Å². The van der Waals surface area contributed by atoms with E-state index < -0.39 is 5.91 Å². The number of carbonyl (C=O) groups is 2. The SMILES string of the molecule is CCOC(=O)c1c(NC(=O)c2nnn(Cc3nsnc3C)c2C)sc2c1CCCC2. The number of rotatable bonds is 6. The van der Waals surface area contributed by atoms with Gasteiger partial charge in [-0.05, 0) is 52.0 Å². The van der Waals surface area contributed by atoms with Crippen LogP contribution in [0.5, 0.6) is 0 Å². The van der Waals surface area contributed by atoms with Gasteiger partial charge in [0.15, 0.2) is 5.69 Å². The number of aryl methyl sites for hydroxylation is 2. The van der Waals surface area contributed by atoms with Crippen molar-refractivity contribution in [3.8, 4) is 0 Å². The Balaban J connectivity index is 1.59. The van der Waals surface area contributed by atoms with Crippen molar-refractivity contribution in [1.29, 1.82) is 0 Å². The highest BCUT2D eigenvalue weighted by molar-refractivity contribution is 7.17. The van der Waals surface area contributed by atoms with Crippen molar-refractivity contribution in [3.05, 3.63) is 38.8 Å². The number of aromatic nitrogens is 5. The van der Waals surface area contributed by atoms with Crippen LogP contribution in [0.1, 0.15) is 68.1 Å². The maximum absolute atomic E-state index is 13.0. The summed E-state index contributed by atoms with van der Waals surface area (Å²) in [6.07, 6.45) is 3.86. The topological polar surface area (TPSA) is 112 Å². The molecule has 0 aromatic carbocycles. The number of anilines is 1. The number of nitrogens with one attached hydrogen (secondary N) is 1. The highest BCUT2D eigenvalue weighted by Crippen LogP contribution is 2.38. The second-order valence-electron chi connectivity index (χ2n) is 7.07. The van der Waals surface area contributed by atoms with Crippen LogP contribution >= 0.6 is 23.1 Å². The van der Waals surface area contributed by atoms with Gasteiger partial charge in [-0.1, -0.05) is 5.21 Å². The zero-order valence-corrected chi connectivity index (χ0v) is 18.7. The third-order valence-corrected chi connectivity index (χ3v) is 6.99. The Bertz CT molecular complexity index is 1100. The third-order valence-electron chi connectivity index (χ3n) is 5.12. The van der Waals surface area contributed by atoms with E-state index in [1.54, 1.807) is 18.5 Å². The monoisotopic (exact) mass is 446 g/mol. The summed E-state index contributed by atoms with van der Waals surface area (Å²) in [6, 6.07) is 0. The molecule has 30 heavy (non-hydrogen) atoms. The molecule has 0 spiro atoms. The van der Waals surface area contributed by atoms with Crippen LogP contribution in [-0.2, 0) is 24.1 Å². The van der Waals surface area contributed by atoms with Gasteiger partial charge in [0.2, 0.25) is 0 Å². The van der Waals surface area contributed by atoms with Crippen molar-refractivity contribution in [3.63, 3.8) is 0 Å². The molecule has 1 aliphatic rings.